The van der Waals surface area contributed by atoms with Gasteiger partial charge >= 0.3 is 18.9 Å². The quantitative estimate of drug-likeness (QED) is 0.457. The van der Waals surface area contributed by atoms with Crippen LogP contribution in [0.15, 0.2) is 36.4 Å². The van der Waals surface area contributed by atoms with Crippen molar-refractivity contribution in [3.63, 3.8) is 0 Å². The zero-order valence-corrected chi connectivity index (χ0v) is 19.4. The molecule has 2 nitrogen and oxygen atoms in total. The largest absolute Gasteiger partial charge is 1.00 e. The molecular formula is C24H34LiO2P. The Morgan fingerprint density at radius 3 is 2.32 bits per heavy atom. The van der Waals surface area contributed by atoms with Gasteiger partial charge in [0.2, 0.25) is 0 Å². The van der Waals surface area contributed by atoms with Gasteiger partial charge in [0.1, 0.15) is 5.75 Å². The summed E-state index contributed by atoms with van der Waals surface area (Å²) in [5.74, 6) is 1.54. The van der Waals surface area contributed by atoms with Crippen molar-refractivity contribution in [3.05, 3.63) is 58.7 Å². The van der Waals surface area contributed by atoms with Crippen LogP contribution in [0.1, 0.15) is 68.0 Å². The molecule has 0 N–H and O–H groups in total. The molecule has 0 aliphatic carbocycles. The van der Waals surface area contributed by atoms with Gasteiger partial charge < -0.3 is 6.16 Å². The van der Waals surface area contributed by atoms with E-state index in [1.54, 1.807) is 0 Å². The van der Waals surface area contributed by atoms with E-state index < -0.39 is 0 Å². The molecule has 0 aliphatic rings. The van der Waals surface area contributed by atoms with Crippen LogP contribution in [-0.2, 0) is 0 Å². The third-order valence-electron chi connectivity index (χ3n) is 5.18. The van der Waals surface area contributed by atoms with Crippen LogP contribution in [0, 0.1) is 26.7 Å². The molecule has 148 valence electrons. The van der Waals surface area contributed by atoms with Crippen LogP contribution in [0.4, 0.5) is 0 Å². The van der Waals surface area contributed by atoms with Crippen LogP contribution in [0.5, 0.6) is 5.75 Å². The van der Waals surface area contributed by atoms with Gasteiger partial charge in [0.15, 0.2) is 5.52 Å². The zero-order valence-electron chi connectivity index (χ0n) is 19.4. The maximum atomic E-state index is 12.8. The first-order valence-corrected chi connectivity index (χ1v) is 11.1. The summed E-state index contributed by atoms with van der Waals surface area (Å²) >= 11 is 0. The molecule has 0 amide bonds. The molecule has 2 rings (SSSR count). The van der Waals surface area contributed by atoms with Crippen molar-refractivity contribution >= 4 is 19.4 Å². The normalized spacial score (nSPS) is 12.0. The molecule has 0 radical (unpaired) electrons. The number of hydrogen-bond acceptors (Lipinski definition) is 2. The van der Waals surface area contributed by atoms with Crippen molar-refractivity contribution in [2.24, 2.45) is 5.92 Å². The van der Waals surface area contributed by atoms with Crippen molar-refractivity contribution < 1.29 is 29.8 Å². The van der Waals surface area contributed by atoms with Crippen LogP contribution >= 0.6 is 8.58 Å². The average Bonchev–Trinajstić information content (AvgIpc) is 2.64. The minimum Gasteiger partial charge on any atom is -1.00 e. The van der Waals surface area contributed by atoms with Crippen molar-refractivity contribution in [1.29, 1.82) is 0 Å². The molecule has 0 fully saturated rings. The van der Waals surface area contributed by atoms with E-state index in [4.69, 9.17) is 4.74 Å². The Balaban J connectivity index is 0.00000392. The zero-order chi connectivity index (χ0) is 19.8. The molecule has 4 heteroatoms. The van der Waals surface area contributed by atoms with E-state index in [0.29, 0.717) is 5.92 Å². The number of benzene rings is 2. The molecule has 0 aliphatic heterocycles. The number of carbonyl (C=O) groups excluding carboxylic acids is 1. The number of hydrogen-bond donors (Lipinski definition) is 0. The molecule has 2 unspecified atom stereocenters. The van der Waals surface area contributed by atoms with Gasteiger partial charge in [0.25, 0.3) is 0 Å². The maximum Gasteiger partial charge on any atom is 1.00 e. The number of rotatable bonds is 10. The van der Waals surface area contributed by atoms with Crippen LogP contribution < -0.4 is 28.9 Å². The summed E-state index contributed by atoms with van der Waals surface area (Å²) in [7, 11) is 0.147. The Kier molecular flexibility index (Phi) is 11.1. The maximum absolute atomic E-state index is 12.8. The Morgan fingerprint density at radius 1 is 1.07 bits per heavy atom. The second-order valence-corrected chi connectivity index (χ2v) is 8.67. The van der Waals surface area contributed by atoms with Crippen LogP contribution in [-0.4, -0.2) is 12.1 Å². The average molecular weight is 392 g/mol. The molecule has 2 aromatic carbocycles. The number of unbranched alkanes of at least 4 members (excludes halogenated alkanes) is 1. The first-order chi connectivity index (χ1) is 13.0. The second kappa shape index (κ2) is 12.5. The summed E-state index contributed by atoms with van der Waals surface area (Å²) in [6.07, 6.45) is 4.89. The van der Waals surface area contributed by atoms with Crippen LogP contribution in [0.25, 0.3) is 0 Å². The van der Waals surface area contributed by atoms with Gasteiger partial charge in [-0.15, -0.1) is 0 Å². The number of ether oxygens (including phenoxy) is 1. The molecule has 0 aromatic heterocycles. The van der Waals surface area contributed by atoms with Crippen molar-refractivity contribution in [2.75, 3.05) is 6.61 Å². The Hall–Kier alpha value is -1.06. The van der Waals surface area contributed by atoms with E-state index in [2.05, 4.69) is 32.9 Å². The SMILES string of the molecule is CCCCC(CC)COc1ccc(PC(=O)c2c(C)cccc2C)c(C)c1.[H-].[Li+]. The van der Waals surface area contributed by atoms with E-state index in [-0.39, 0.29) is 34.4 Å². The smallest absolute Gasteiger partial charge is 1.00 e. The predicted molar refractivity (Wildman–Crippen MR) is 119 cm³/mol. The minimum atomic E-state index is 0. The number of carbonyl (C=O) groups is 1. The summed E-state index contributed by atoms with van der Waals surface area (Å²) in [6, 6.07) is 12.2. The summed E-state index contributed by atoms with van der Waals surface area (Å²) in [4.78, 5) is 12.8. The second-order valence-electron chi connectivity index (χ2n) is 7.43. The molecule has 0 spiro atoms. The van der Waals surface area contributed by atoms with E-state index in [1.807, 2.05) is 38.1 Å². The van der Waals surface area contributed by atoms with E-state index in [9.17, 15) is 4.79 Å². The van der Waals surface area contributed by atoms with Gasteiger partial charge in [-0.05, 0) is 75.8 Å². The Bertz CT molecular complexity index is 759. The first-order valence-electron chi connectivity index (χ1n) is 10.1. The molecule has 2 atom stereocenters. The topological polar surface area (TPSA) is 26.3 Å². The monoisotopic (exact) mass is 392 g/mol. The molecule has 0 heterocycles. The minimum absolute atomic E-state index is 0. The molecule has 2 aromatic rings. The third-order valence-corrected chi connectivity index (χ3v) is 6.49. The fourth-order valence-electron chi connectivity index (χ4n) is 3.34. The van der Waals surface area contributed by atoms with Gasteiger partial charge in [0.05, 0.1) is 6.61 Å². The summed E-state index contributed by atoms with van der Waals surface area (Å²) in [5.41, 5.74) is 4.34. The summed E-state index contributed by atoms with van der Waals surface area (Å²) < 4.78 is 6.04. The molecule has 0 saturated heterocycles. The van der Waals surface area contributed by atoms with Crippen LogP contribution in [0.3, 0.4) is 0 Å². The molecule has 0 bridgehead atoms. The van der Waals surface area contributed by atoms with Gasteiger partial charge in [-0.1, -0.05) is 57.4 Å². The Morgan fingerprint density at radius 2 is 1.75 bits per heavy atom. The standard InChI is InChI=1S/C24H33O2P.Li.H/c1-6-8-12-20(7-2)16-26-21-13-14-22(19(5)15-21)27-24(25)23-17(3)10-9-11-18(23)4;;/h9-11,13-15,20,27H,6-8,12,16H2,1-5H3;;/q;+1;-1. The van der Waals surface area contributed by atoms with E-state index >= 15 is 0 Å². The van der Waals surface area contributed by atoms with Crippen molar-refractivity contribution in [3.8, 4) is 5.75 Å². The molecule has 0 saturated carbocycles. The first kappa shape index (κ1) is 25.0. The van der Waals surface area contributed by atoms with E-state index in [0.717, 1.165) is 46.3 Å². The van der Waals surface area contributed by atoms with Gasteiger partial charge in [-0.2, -0.15) is 0 Å². The molecule has 28 heavy (non-hydrogen) atoms. The predicted octanol–water partition coefficient (Wildman–Crippen LogP) is 3.47. The Labute approximate surface area is 186 Å². The van der Waals surface area contributed by atoms with Gasteiger partial charge in [0, 0.05) is 5.56 Å². The summed E-state index contributed by atoms with van der Waals surface area (Å²) in [5, 5.41) is 1.10. The van der Waals surface area contributed by atoms with E-state index in [1.165, 1.54) is 19.3 Å². The fourth-order valence-corrected chi connectivity index (χ4v) is 4.54. The summed E-state index contributed by atoms with van der Waals surface area (Å²) in [6.45, 7) is 11.3. The van der Waals surface area contributed by atoms with Gasteiger partial charge in [-0.25, -0.2) is 0 Å². The van der Waals surface area contributed by atoms with Gasteiger partial charge in [-0.3, -0.25) is 4.79 Å². The van der Waals surface area contributed by atoms with Crippen molar-refractivity contribution in [2.45, 2.75) is 60.3 Å². The molecular weight excluding hydrogens is 358 g/mol. The van der Waals surface area contributed by atoms with Crippen molar-refractivity contribution in [1.82, 2.24) is 0 Å². The fraction of sp³-hybridized carbons (Fsp3) is 0.458. The number of aryl methyl sites for hydroxylation is 3. The third kappa shape index (κ3) is 7.08. The van der Waals surface area contributed by atoms with Crippen LogP contribution in [0.2, 0.25) is 0 Å².